The molecule has 0 radical (unpaired) electrons. The lowest BCUT2D eigenvalue weighted by Crippen LogP contribution is -2.25. The third kappa shape index (κ3) is 6.19. The van der Waals surface area contributed by atoms with E-state index in [-0.39, 0.29) is 10.8 Å². The number of hydrogen-bond acceptors (Lipinski definition) is 3. The minimum absolute atomic E-state index is 0.0587. The van der Waals surface area contributed by atoms with E-state index < -0.39 is 10.0 Å². The van der Waals surface area contributed by atoms with Crippen LogP contribution in [0.2, 0.25) is 0 Å². The average Bonchev–Trinajstić information content (AvgIpc) is 2.61. The van der Waals surface area contributed by atoms with Gasteiger partial charge in [0.2, 0.25) is 15.9 Å². The van der Waals surface area contributed by atoms with Crippen LogP contribution in [-0.4, -0.2) is 32.7 Å². The van der Waals surface area contributed by atoms with Gasteiger partial charge in [-0.25, -0.2) is 12.7 Å². The first-order chi connectivity index (χ1) is 12.7. The van der Waals surface area contributed by atoms with Crippen LogP contribution in [0.15, 0.2) is 53.4 Å². The van der Waals surface area contributed by atoms with Crippen LogP contribution in [0, 0.1) is 5.92 Å². The van der Waals surface area contributed by atoms with Crippen molar-refractivity contribution in [1.29, 1.82) is 0 Å². The fourth-order valence-corrected chi connectivity index (χ4v) is 3.60. The standard InChI is InChI=1S/C21H28N2O3S/c1-16(2)13-17-5-7-18(8-6-17)14-21(24)22-15-19-9-11-20(12-10-19)27(25,26)23(3)4/h5-12,16H,13-15H2,1-4H3,(H,22,24). The Hall–Kier alpha value is -2.18. The molecule has 146 valence electrons. The molecule has 2 rings (SSSR count). The average molecular weight is 389 g/mol. The van der Waals surface area contributed by atoms with Gasteiger partial charge in [0.25, 0.3) is 0 Å². The van der Waals surface area contributed by atoms with E-state index in [0.29, 0.717) is 18.9 Å². The lowest BCUT2D eigenvalue weighted by molar-refractivity contribution is -0.120. The van der Waals surface area contributed by atoms with E-state index >= 15 is 0 Å². The molecule has 0 aliphatic rings. The van der Waals surface area contributed by atoms with Crippen LogP contribution in [0.1, 0.15) is 30.5 Å². The van der Waals surface area contributed by atoms with Crippen molar-refractivity contribution >= 4 is 15.9 Å². The van der Waals surface area contributed by atoms with Crippen molar-refractivity contribution in [3.05, 3.63) is 65.2 Å². The zero-order chi connectivity index (χ0) is 20.0. The maximum atomic E-state index is 12.2. The van der Waals surface area contributed by atoms with Crippen LogP contribution in [0.4, 0.5) is 0 Å². The molecule has 0 fully saturated rings. The molecule has 1 amide bonds. The van der Waals surface area contributed by atoms with Gasteiger partial charge in [0.05, 0.1) is 11.3 Å². The molecule has 0 aromatic heterocycles. The van der Waals surface area contributed by atoms with Gasteiger partial charge in [0, 0.05) is 20.6 Å². The first-order valence-electron chi connectivity index (χ1n) is 9.04. The fourth-order valence-electron chi connectivity index (χ4n) is 2.70. The third-order valence-electron chi connectivity index (χ3n) is 4.22. The van der Waals surface area contributed by atoms with Crippen molar-refractivity contribution in [2.75, 3.05) is 14.1 Å². The predicted octanol–water partition coefficient (Wildman–Crippen LogP) is 2.99. The molecular formula is C21H28N2O3S. The highest BCUT2D eigenvalue weighted by Gasteiger charge is 2.16. The van der Waals surface area contributed by atoms with Gasteiger partial charge in [-0.3, -0.25) is 4.79 Å². The molecule has 2 aromatic rings. The van der Waals surface area contributed by atoms with Crippen LogP contribution >= 0.6 is 0 Å². The topological polar surface area (TPSA) is 66.5 Å². The number of amides is 1. The summed E-state index contributed by atoms with van der Waals surface area (Å²) in [6, 6.07) is 14.7. The van der Waals surface area contributed by atoms with E-state index in [4.69, 9.17) is 0 Å². The Labute approximate surface area is 162 Å². The molecule has 0 atom stereocenters. The van der Waals surface area contributed by atoms with Crippen molar-refractivity contribution < 1.29 is 13.2 Å². The van der Waals surface area contributed by atoms with Crippen molar-refractivity contribution in [2.24, 2.45) is 5.92 Å². The minimum atomic E-state index is -3.43. The molecule has 0 aliphatic heterocycles. The summed E-state index contributed by atoms with van der Waals surface area (Å²) in [6.07, 6.45) is 1.36. The summed E-state index contributed by atoms with van der Waals surface area (Å²) in [4.78, 5) is 12.4. The zero-order valence-electron chi connectivity index (χ0n) is 16.4. The summed E-state index contributed by atoms with van der Waals surface area (Å²) in [5.41, 5.74) is 3.11. The highest BCUT2D eigenvalue weighted by Crippen LogP contribution is 2.14. The lowest BCUT2D eigenvalue weighted by Gasteiger charge is -2.12. The molecule has 5 nitrogen and oxygen atoms in total. The molecule has 27 heavy (non-hydrogen) atoms. The normalized spacial score (nSPS) is 11.8. The van der Waals surface area contributed by atoms with Gasteiger partial charge in [0.1, 0.15) is 0 Å². The van der Waals surface area contributed by atoms with E-state index in [2.05, 4.69) is 31.3 Å². The maximum absolute atomic E-state index is 12.2. The molecule has 0 saturated heterocycles. The van der Waals surface area contributed by atoms with E-state index in [1.807, 2.05) is 12.1 Å². The number of nitrogens with zero attached hydrogens (tertiary/aromatic N) is 1. The van der Waals surface area contributed by atoms with Crippen LogP contribution < -0.4 is 5.32 Å². The molecule has 0 spiro atoms. The SMILES string of the molecule is CC(C)Cc1ccc(CC(=O)NCc2ccc(S(=O)(=O)N(C)C)cc2)cc1. The summed E-state index contributed by atoms with van der Waals surface area (Å²) in [6.45, 7) is 4.74. The summed E-state index contributed by atoms with van der Waals surface area (Å²) in [5.74, 6) is 0.551. The van der Waals surface area contributed by atoms with E-state index in [9.17, 15) is 13.2 Å². The molecule has 0 unspecified atom stereocenters. The van der Waals surface area contributed by atoms with Crippen molar-refractivity contribution in [3.8, 4) is 0 Å². The predicted molar refractivity (Wildman–Crippen MR) is 108 cm³/mol. The summed E-state index contributed by atoms with van der Waals surface area (Å²) < 4.78 is 25.3. The lowest BCUT2D eigenvalue weighted by atomic mass is 10.0. The highest BCUT2D eigenvalue weighted by atomic mass is 32.2. The van der Waals surface area contributed by atoms with Crippen LogP contribution in [-0.2, 0) is 34.2 Å². The Morgan fingerprint density at radius 2 is 1.44 bits per heavy atom. The first kappa shape index (κ1) is 21.1. The summed E-state index contributed by atoms with van der Waals surface area (Å²) in [7, 11) is -0.433. The number of nitrogens with one attached hydrogen (secondary N) is 1. The molecular weight excluding hydrogens is 360 g/mol. The Balaban J connectivity index is 1.88. The molecule has 1 N–H and O–H groups in total. The summed E-state index contributed by atoms with van der Waals surface area (Å²) in [5, 5.41) is 2.88. The van der Waals surface area contributed by atoms with Crippen LogP contribution in [0.25, 0.3) is 0 Å². The van der Waals surface area contributed by atoms with Crippen molar-refractivity contribution in [2.45, 2.75) is 38.1 Å². The van der Waals surface area contributed by atoms with Gasteiger partial charge in [0.15, 0.2) is 0 Å². The van der Waals surface area contributed by atoms with Gasteiger partial charge in [-0.2, -0.15) is 0 Å². The number of carbonyl (C=O) groups is 1. The largest absolute Gasteiger partial charge is 0.352 e. The van der Waals surface area contributed by atoms with Crippen molar-refractivity contribution in [3.63, 3.8) is 0 Å². The number of rotatable bonds is 8. The number of benzene rings is 2. The van der Waals surface area contributed by atoms with Crippen molar-refractivity contribution in [1.82, 2.24) is 9.62 Å². The molecule has 2 aromatic carbocycles. The van der Waals surface area contributed by atoms with Gasteiger partial charge in [-0.1, -0.05) is 50.2 Å². The first-order valence-corrected chi connectivity index (χ1v) is 10.5. The van der Waals surface area contributed by atoms with Gasteiger partial charge in [-0.15, -0.1) is 0 Å². The number of hydrogen-bond donors (Lipinski definition) is 1. The molecule has 0 bridgehead atoms. The second-order valence-electron chi connectivity index (χ2n) is 7.30. The number of sulfonamides is 1. The Bertz CT molecular complexity index is 855. The third-order valence-corrected chi connectivity index (χ3v) is 6.05. The van der Waals surface area contributed by atoms with E-state index in [0.717, 1.165) is 17.5 Å². The van der Waals surface area contributed by atoms with E-state index in [1.54, 1.807) is 24.3 Å². The quantitative estimate of drug-likeness (QED) is 0.756. The van der Waals surface area contributed by atoms with Gasteiger partial charge < -0.3 is 5.32 Å². The Kier molecular flexibility index (Phi) is 7.16. The summed E-state index contributed by atoms with van der Waals surface area (Å²) >= 11 is 0. The second kappa shape index (κ2) is 9.15. The Morgan fingerprint density at radius 3 is 1.96 bits per heavy atom. The zero-order valence-corrected chi connectivity index (χ0v) is 17.2. The molecule has 0 saturated carbocycles. The number of carbonyl (C=O) groups excluding carboxylic acids is 1. The highest BCUT2D eigenvalue weighted by molar-refractivity contribution is 7.89. The second-order valence-corrected chi connectivity index (χ2v) is 9.45. The monoisotopic (exact) mass is 388 g/mol. The van der Waals surface area contributed by atoms with E-state index in [1.165, 1.54) is 24.0 Å². The van der Waals surface area contributed by atoms with Crippen LogP contribution in [0.5, 0.6) is 0 Å². The minimum Gasteiger partial charge on any atom is -0.352 e. The smallest absolute Gasteiger partial charge is 0.242 e. The maximum Gasteiger partial charge on any atom is 0.242 e. The Morgan fingerprint density at radius 1 is 0.926 bits per heavy atom. The molecule has 0 aliphatic carbocycles. The van der Waals surface area contributed by atoms with Crippen LogP contribution in [0.3, 0.4) is 0 Å². The molecule has 0 heterocycles. The fraction of sp³-hybridized carbons (Fsp3) is 0.381. The van der Waals surface area contributed by atoms with Gasteiger partial charge >= 0.3 is 0 Å². The molecule has 6 heteroatoms. The van der Waals surface area contributed by atoms with Gasteiger partial charge in [-0.05, 0) is 41.2 Å².